The van der Waals surface area contributed by atoms with E-state index in [0.717, 1.165) is 3.57 Å². The van der Waals surface area contributed by atoms with Crippen LogP contribution in [0.2, 0.25) is 0 Å². The summed E-state index contributed by atoms with van der Waals surface area (Å²) in [6.07, 6.45) is 3.14. The number of phenolic OH excluding ortho intramolecular Hbond substituents is 1. The average Bonchev–Trinajstić information content (AvgIpc) is 2.76. The summed E-state index contributed by atoms with van der Waals surface area (Å²) in [6.45, 7) is 0. The average molecular weight is 455 g/mol. The van der Waals surface area contributed by atoms with E-state index in [0.29, 0.717) is 9.52 Å². The number of nitrogens with zero attached hydrogens (tertiary/aromatic N) is 1. The fraction of sp³-hybridized carbons (Fsp3) is 0. The molecule has 1 aromatic carbocycles. The number of phenols is 1. The number of nitrogens with one attached hydrogen (secondary N) is 2. The summed E-state index contributed by atoms with van der Waals surface area (Å²) in [6, 6.07) is 3.41. The summed E-state index contributed by atoms with van der Waals surface area (Å²) in [4.78, 5) is 18.5. The summed E-state index contributed by atoms with van der Waals surface area (Å²) in [7, 11) is 0. The van der Waals surface area contributed by atoms with Crippen molar-refractivity contribution in [2.24, 2.45) is 0 Å². The Bertz CT molecular complexity index is 555. The first-order chi connectivity index (χ1) is 8.08. The number of rotatable bonds is 2. The van der Waals surface area contributed by atoms with Gasteiger partial charge in [-0.05, 0) is 57.3 Å². The molecular weight excluding hydrogens is 448 g/mol. The third kappa shape index (κ3) is 2.89. The number of benzene rings is 1. The van der Waals surface area contributed by atoms with Crippen LogP contribution in [0.5, 0.6) is 5.75 Å². The molecule has 3 N–H and O–H groups in total. The van der Waals surface area contributed by atoms with E-state index < -0.39 is 5.91 Å². The van der Waals surface area contributed by atoms with E-state index >= 15 is 0 Å². The van der Waals surface area contributed by atoms with Gasteiger partial charge in [-0.25, -0.2) is 4.98 Å². The van der Waals surface area contributed by atoms with Crippen molar-refractivity contribution in [3.63, 3.8) is 0 Å². The molecule has 0 saturated heterocycles. The van der Waals surface area contributed by atoms with Crippen LogP contribution in [-0.4, -0.2) is 21.0 Å². The second kappa shape index (κ2) is 5.21. The van der Waals surface area contributed by atoms with Crippen LogP contribution in [0.15, 0.2) is 24.5 Å². The highest BCUT2D eigenvalue weighted by atomic mass is 127. The molecule has 0 spiro atoms. The van der Waals surface area contributed by atoms with Gasteiger partial charge in [-0.15, -0.1) is 0 Å². The van der Waals surface area contributed by atoms with E-state index in [2.05, 4.69) is 37.9 Å². The molecule has 1 amide bonds. The molecule has 17 heavy (non-hydrogen) atoms. The minimum atomic E-state index is -0.395. The summed E-state index contributed by atoms with van der Waals surface area (Å²) >= 11 is 4.07. The molecule has 2 rings (SSSR count). The van der Waals surface area contributed by atoms with Crippen molar-refractivity contribution >= 4 is 57.0 Å². The molecule has 0 fully saturated rings. The van der Waals surface area contributed by atoms with Crippen LogP contribution in [0.1, 0.15) is 10.4 Å². The number of H-pyrrole nitrogens is 1. The van der Waals surface area contributed by atoms with E-state index in [1.807, 2.05) is 22.6 Å². The molecule has 1 aromatic heterocycles. The minimum absolute atomic E-state index is 0.0185. The summed E-state index contributed by atoms with van der Waals surface area (Å²) in [5.41, 5.74) is 0.234. The zero-order chi connectivity index (χ0) is 12.4. The van der Waals surface area contributed by atoms with Crippen LogP contribution in [0, 0.1) is 7.14 Å². The molecule has 7 heteroatoms. The number of aromatic hydroxyl groups is 1. The molecule has 0 unspecified atom stereocenters. The lowest BCUT2D eigenvalue weighted by Crippen LogP contribution is -2.13. The molecule has 0 aliphatic rings. The molecule has 0 aliphatic heterocycles. The van der Waals surface area contributed by atoms with Gasteiger partial charge in [0, 0.05) is 16.0 Å². The molecule has 0 bridgehead atoms. The maximum Gasteiger partial charge on any atom is 0.261 e. The zero-order valence-corrected chi connectivity index (χ0v) is 12.7. The number of halogens is 2. The Labute approximate surface area is 124 Å². The number of carbonyl (C=O) groups is 1. The van der Waals surface area contributed by atoms with E-state index in [1.165, 1.54) is 6.20 Å². The Morgan fingerprint density at radius 2 is 2.18 bits per heavy atom. The van der Waals surface area contributed by atoms with Crippen molar-refractivity contribution in [3.05, 3.63) is 37.2 Å². The van der Waals surface area contributed by atoms with Gasteiger partial charge in [0.25, 0.3) is 5.91 Å². The molecule has 88 valence electrons. The Kier molecular flexibility index (Phi) is 3.86. The van der Waals surface area contributed by atoms with Crippen molar-refractivity contribution in [1.82, 2.24) is 9.97 Å². The summed E-state index contributed by atoms with van der Waals surface area (Å²) in [5, 5.41) is 12.4. The first-order valence-corrected chi connectivity index (χ1v) is 6.72. The summed E-state index contributed by atoms with van der Waals surface area (Å²) in [5.74, 6) is -0.0628. The van der Waals surface area contributed by atoms with E-state index in [9.17, 15) is 9.90 Å². The maximum absolute atomic E-state index is 11.9. The van der Waals surface area contributed by atoms with Crippen LogP contribution < -0.4 is 5.32 Å². The summed E-state index contributed by atoms with van der Waals surface area (Å²) < 4.78 is 1.52. The Morgan fingerprint density at radius 3 is 2.82 bits per heavy atom. The van der Waals surface area contributed by atoms with Crippen LogP contribution in [0.25, 0.3) is 0 Å². The van der Waals surface area contributed by atoms with Crippen molar-refractivity contribution in [3.8, 4) is 5.75 Å². The number of hydrogen-bond acceptors (Lipinski definition) is 3. The van der Waals surface area contributed by atoms with Crippen molar-refractivity contribution in [2.75, 3.05) is 5.32 Å². The van der Waals surface area contributed by atoms with Gasteiger partial charge in [-0.3, -0.25) is 10.1 Å². The quantitative estimate of drug-likeness (QED) is 0.610. The van der Waals surface area contributed by atoms with Gasteiger partial charge >= 0.3 is 0 Å². The lowest BCUT2D eigenvalue weighted by atomic mass is 10.2. The van der Waals surface area contributed by atoms with Crippen LogP contribution in [0.4, 0.5) is 5.95 Å². The van der Waals surface area contributed by atoms with Crippen molar-refractivity contribution in [2.45, 2.75) is 0 Å². The van der Waals surface area contributed by atoms with Crippen LogP contribution >= 0.6 is 45.2 Å². The van der Waals surface area contributed by atoms with Crippen molar-refractivity contribution in [1.29, 1.82) is 0 Å². The van der Waals surface area contributed by atoms with E-state index in [-0.39, 0.29) is 11.3 Å². The lowest BCUT2D eigenvalue weighted by molar-refractivity contribution is 0.102. The predicted octanol–water partition coefficient (Wildman–Crippen LogP) is 2.58. The molecule has 1 heterocycles. The van der Waals surface area contributed by atoms with Gasteiger partial charge in [0.2, 0.25) is 5.95 Å². The lowest BCUT2D eigenvalue weighted by Gasteiger charge is -2.07. The number of aromatic nitrogens is 2. The third-order valence-corrected chi connectivity index (χ3v) is 3.45. The highest BCUT2D eigenvalue weighted by Gasteiger charge is 2.15. The molecule has 0 atom stereocenters. The Hall–Kier alpha value is -0.840. The molecule has 2 aromatic rings. The minimum Gasteiger partial charge on any atom is -0.506 e. The third-order valence-electron chi connectivity index (χ3n) is 2.00. The highest BCUT2D eigenvalue weighted by molar-refractivity contribution is 14.1. The second-order valence-electron chi connectivity index (χ2n) is 3.18. The van der Waals surface area contributed by atoms with Crippen LogP contribution in [0.3, 0.4) is 0 Å². The predicted molar refractivity (Wildman–Crippen MR) is 80.1 cm³/mol. The number of amides is 1. The zero-order valence-electron chi connectivity index (χ0n) is 8.37. The van der Waals surface area contributed by atoms with E-state index in [4.69, 9.17) is 0 Å². The van der Waals surface area contributed by atoms with Gasteiger partial charge in [0.15, 0.2) is 0 Å². The normalized spacial score (nSPS) is 10.2. The number of aromatic amines is 1. The SMILES string of the molecule is O=C(Nc1ncc[nH]1)c1cc(I)cc(I)c1O. The van der Waals surface area contributed by atoms with Gasteiger partial charge in [0.05, 0.1) is 9.13 Å². The topological polar surface area (TPSA) is 78.0 Å². The number of imidazole rings is 1. The first kappa shape index (κ1) is 12.6. The van der Waals surface area contributed by atoms with Gasteiger partial charge in [-0.2, -0.15) is 0 Å². The monoisotopic (exact) mass is 455 g/mol. The number of hydrogen-bond donors (Lipinski definition) is 3. The Morgan fingerprint density at radius 1 is 1.41 bits per heavy atom. The Balaban J connectivity index is 2.31. The van der Waals surface area contributed by atoms with Gasteiger partial charge in [-0.1, -0.05) is 0 Å². The molecule has 5 nitrogen and oxygen atoms in total. The van der Waals surface area contributed by atoms with Gasteiger partial charge < -0.3 is 10.1 Å². The number of anilines is 1. The second-order valence-corrected chi connectivity index (χ2v) is 5.58. The number of carbonyl (C=O) groups excluding carboxylic acids is 1. The van der Waals surface area contributed by atoms with Crippen molar-refractivity contribution < 1.29 is 9.90 Å². The van der Waals surface area contributed by atoms with Gasteiger partial charge in [0.1, 0.15) is 5.75 Å². The molecular formula is C10H7I2N3O2. The molecule has 0 radical (unpaired) electrons. The smallest absolute Gasteiger partial charge is 0.261 e. The van der Waals surface area contributed by atoms with E-state index in [1.54, 1.807) is 18.3 Å². The largest absolute Gasteiger partial charge is 0.506 e. The highest BCUT2D eigenvalue weighted by Crippen LogP contribution is 2.27. The maximum atomic E-state index is 11.9. The first-order valence-electron chi connectivity index (χ1n) is 4.56. The fourth-order valence-electron chi connectivity index (χ4n) is 1.25. The molecule has 0 aliphatic carbocycles. The molecule has 0 saturated carbocycles. The fourth-order valence-corrected chi connectivity index (χ4v) is 3.09. The van der Waals surface area contributed by atoms with Crippen LogP contribution in [-0.2, 0) is 0 Å². The standard InChI is InChI=1S/C10H7I2N3O2/c11-5-3-6(8(16)7(12)4-5)9(17)15-10-13-1-2-14-10/h1-4,16H,(H2,13,14,15,17).